The van der Waals surface area contributed by atoms with Crippen LogP contribution in [-0.4, -0.2) is 67.7 Å². The minimum absolute atomic E-state index is 0.0371. The van der Waals surface area contributed by atoms with Gasteiger partial charge in [0, 0.05) is 45.6 Å². The second-order valence-electron chi connectivity index (χ2n) is 9.77. The van der Waals surface area contributed by atoms with Gasteiger partial charge in [0.2, 0.25) is 11.9 Å². The molecule has 4 aromatic rings. The van der Waals surface area contributed by atoms with E-state index in [0.717, 1.165) is 11.1 Å². The first kappa shape index (κ1) is 29.3. The van der Waals surface area contributed by atoms with Gasteiger partial charge in [0.1, 0.15) is 27.8 Å². The summed E-state index contributed by atoms with van der Waals surface area (Å²) in [6.07, 6.45) is -1.19. The fourth-order valence-corrected chi connectivity index (χ4v) is 4.73. The predicted octanol–water partition coefficient (Wildman–Crippen LogP) is 3.93. The lowest BCUT2D eigenvalue weighted by atomic mass is 10.2. The third kappa shape index (κ3) is 6.32. The fourth-order valence-electron chi connectivity index (χ4n) is 4.43. The van der Waals surface area contributed by atoms with Crippen molar-refractivity contribution in [1.82, 2.24) is 29.0 Å². The average molecular weight is 607 g/mol. The molecular formula is C26H26ClF3N8O4. The number of likely N-dealkylation sites (N-methyl/N-ethyl adjacent to an activating group) is 1. The van der Waals surface area contributed by atoms with Crippen LogP contribution in [0.3, 0.4) is 0 Å². The predicted molar refractivity (Wildman–Crippen MR) is 148 cm³/mol. The third-order valence-electron chi connectivity index (χ3n) is 6.54. The van der Waals surface area contributed by atoms with Gasteiger partial charge in [0.25, 0.3) is 5.56 Å². The lowest BCUT2D eigenvalue weighted by Gasteiger charge is -2.29. The number of carbonyl (C=O) groups is 1. The molecule has 222 valence electrons. The number of pyridine rings is 3. The van der Waals surface area contributed by atoms with Crippen molar-refractivity contribution in [1.29, 1.82) is 0 Å². The van der Waals surface area contributed by atoms with Crippen molar-refractivity contribution in [2.24, 2.45) is 14.1 Å². The number of alkyl halides is 3. The number of rotatable bonds is 7. The number of carbonyl (C=O) groups excluding carboxylic acids is 1. The lowest BCUT2D eigenvalue weighted by molar-refractivity contribution is -0.138. The van der Waals surface area contributed by atoms with E-state index in [2.05, 4.69) is 30.5 Å². The second kappa shape index (κ2) is 11.6. The maximum atomic E-state index is 13.3. The molecule has 16 heteroatoms. The Hall–Kier alpha value is -4.21. The van der Waals surface area contributed by atoms with E-state index in [4.69, 9.17) is 21.1 Å². The van der Waals surface area contributed by atoms with Gasteiger partial charge in [-0.05, 0) is 19.2 Å². The van der Waals surface area contributed by atoms with Gasteiger partial charge in [-0.2, -0.15) is 18.2 Å². The van der Waals surface area contributed by atoms with E-state index in [9.17, 15) is 22.8 Å². The molecule has 1 atom stereocenters. The summed E-state index contributed by atoms with van der Waals surface area (Å²) in [6, 6.07) is 3.80. The van der Waals surface area contributed by atoms with Gasteiger partial charge in [-0.25, -0.2) is 9.97 Å². The number of imidazole rings is 1. The smallest absolute Gasteiger partial charge is 0.417 e. The van der Waals surface area contributed by atoms with E-state index >= 15 is 0 Å². The standard InChI is InChI=1S/C26H26ClF3N8O4/c1-36-6-7-41-16(13-36)10-20(39)34-19-9-15(4-5-31-19)42-18-11-32-23-22(21(18)27)38(3)25(35-23)33-17-8-14(26(28,29)30)12-37(2)24(17)40/h4-5,8-9,11-12,16H,6-7,10,13H2,1-3H3,(H,31,34,39)(H,32,33,35). The second-order valence-corrected chi connectivity index (χ2v) is 10.1. The Balaban J connectivity index is 1.35. The van der Waals surface area contributed by atoms with Crippen LogP contribution in [0.2, 0.25) is 5.02 Å². The monoisotopic (exact) mass is 606 g/mol. The van der Waals surface area contributed by atoms with Crippen molar-refractivity contribution in [2.75, 3.05) is 37.4 Å². The van der Waals surface area contributed by atoms with Crippen molar-refractivity contribution in [2.45, 2.75) is 18.7 Å². The number of hydrogen-bond donors (Lipinski definition) is 2. The van der Waals surface area contributed by atoms with E-state index in [-0.39, 0.29) is 52.3 Å². The summed E-state index contributed by atoms with van der Waals surface area (Å²) in [6.45, 7) is 2.03. The minimum atomic E-state index is -4.65. The minimum Gasteiger partial charge on any atom is -0.454 e. The van der Waals surface area contributed by atoms with Crippen molar-refractivity contribution < 1.29 is 27.4 Å². The number of hydrogen-bond acceptors (Lipinski definition) is 9. The van der Waals surface area contributed by atoms with Gasteiger partial charge < -0.3 is 34.1 Å². The first-order valence-electron chi connectivity index (χ1n) is 12.7. The molecule has 2 N–H and O–H groups in total. The summed E-state index contributed by atoms with van der Waals surface area (Å²) in [4.78, 5) is 39.8. The molecule has 0 saturated carbocycles. The van der Waals surface area contributed by atoms with Crippen molar-refractivity contribution in [3.05, 3.63) is 57.7 Å². The molecule has 1 aliphatic heterocycles. The number of fused-ring (bicyclic) bond motifs is 1. The molecule has 1 aliphatic rings. The Morgan fingerprint density at radius 1 is 1.24 bits per heavy atom. The van der Waals surface area contributed by atoms with Crippen molar-refractivity contribution >= 4 is 46.1 Å². The third-order valence-corrected chi connectivity index (χ3v) is 6.91. The number of nitrogens with one attached hydrogen (secondary N) is 2. The van der Waals surface area contributed by atoms with Gasteiger partial charge in [-0.15, -0.1) is 0 Å². The summed E-state index contributed by atoms with van der Waals surface area (Å²) >= 11 is 6.63. The van der Waals surface area contributed by atoms with Gasteiger partial charge in [0.05, 0.1) is 30.9 Å². The number of nitrogens with zero attached hydrogens (tertiary/aromatic N) is 6. The summed E-state index contributed by atoms with van der Waals surface area (Å²) in [7, 11) is 4.75. The average Bonchev–Trinajstić information content (AvgIpc) is 3.23. The van der Waals surface area contributed by atoms with E-state index in [1.165, 1.54) is 30.1 Å². The number of aryl methyl sites for hydroxylation is 2. The van der Waals surface area contributed by atoms with Crippen LogP contribution in [0.1, 0.15) is 12.0 Å². The lowest BCUT2D eigenvalue weighted by Crippen LogP contribution is -2.41. The maximum absolute atomic E-state index is 13.3. The Bertz CT molecular complexity index is 1710. The molecule has 0 spiro atoms. The Labute approximate surface area is 242 Å². The quantitative estimate of drug-likeness (QED) is 0.322. The number of morpholine rings is 1. The summed E-state index contributed by atoms with van der Waals surface area (Å²) in [5.41, 5.74) is -1.54. The first-order valence-corrected chi connectivity index (χ1v) is 13.1. The van der Waals surface area contributed by atoms with Crippen molar-refractivity contribution in [3.63, 3.8) is 0 Å². The summed E-state index contributed by atoms with van der Waals surface area (Å²) in [5, 5.41) is 5.50. The first-order chi connectivity index (χ1) is 19.9. The number of anilines is 3. The Morgan fingerprint density at radius 3 is 2.76 bits per heavy atom. The highest BCUT2D eigenvalue weighted by Crippen LogP contribution is 2.36. The Morgan fingerprint density at radius 2 is 2.02 bits per heavy atom. The normalized spacial score (nSPS) is 16.0. The highest BCUT2D eigenvalue weighted by Gasteiger charge is 2.32. The van der Waals surface area contributed by atoms with E-state index < -0.39 is 17.3 Å². The SMILES string of the molecule is CN1CCOC(CC(=O)Nc2cc(Oc3cnc4nc(Nc5cc(C(F)(F)F)cn(C)c5=O)n(C)c4c3Cl)ccn2)C1. The van der Waals surface area contributed by atoms with Crippen LogP contribution >= 0.6 is 11.6 Å². The molecule has 0 aromatic carbocycles. The maximum Gasteiger partial charge on any atom is 0.417 e. The zero-order valence-electron chi connectivity index (χ0n) is 22.7. The largest absolute Gasteiger partial charge is 0.454 e. The molecule has 5 rings (SSSR count). The van der Waals surface area contributed by atoms with Gasteiger partial charge in [-0.1, -0.05) is 11.6 Å². The van der Waals surface area contributed by atoms with Crippen molar-refractivity contribution in [3.8, 4) is 11.5 Å². The zero-order valence-corrected chi connectivity index (χ0v) is 23.5. The molecule has 1 unspecified atom stereocenters. The molecule has 5 heterocycles. The number of halogens is 4. The van der Waals surface area contributed by atoms with Crippen LogP contribution in [-0.2, 0) is 29.8 Å². The molecule has 1 fully saturated rings. The van der Waals surface area contributed by atoms with E-state index in [1.807, 2.05) is 7.05 Å². The van der Waals surface area contributed by atoms with E-state index in [1.54, 1.807) is 13.1 Å². The number of amides is 1. The highest BCUT2D eigenvalue weighted by atomic mass is 35.5. The van der Waals surface area contributed by atoms with Gasteiger partial charge >= 0.3 is 6.18 Å². The summed E-state index contributed by atoms with van der Waals surface area (Å²) in [5.74, 6) is 0.504. The topological polar surface area (TPSA) is 128 Å². The molecule has 0 aliphatic carbocycles. The molecule has 12 nitrogen and oxygen atoms in total. The van der Waals surface area contributed by atoms with Crippen LogP contribution < -0.4 is 20.9 Å². The van der Waals surface area contributed by atoms with Crippen LogP contribution in [0.5, 0.6) is 11.5 Å². The number of aromatic nitrogens is 5. The van der Waals surface area contributed by atoms with Crippen LogP contribution in [0.4, 0.5) is 30.6 Å². The Kier molecular flexibility index (Phi) is 8.08. The van der Waals surface area contributed by atoms with Crippen LogP contribution in [0, 0.1) is 0 Å². The van der Waals surface area contributed by atoms with E-state index in [0.29, 0.717) is 36.7 Å². The highest BCUT2D eigenvalue weighted by molar-refractivity contribution is 6.36. The molecule has 1 amide bonds. The molecule has 0 radical (unpaired) electrons. The van der Waals surface area contributed by atoms with Gasteiger partial charge in [-0.3, -0.25) is 9.59 Å². The molecule has 4 aromatic heterocycles. The molecule has 0 bridgehead atoms. The van der Waals surface area contributed by atoms with Crippen LogP contribution in [0.15, 0.2) is 41.6 Å². The molecule has 1 saturated heterocycles. The summed E-state index contributed by atoms with van der Waals surface area (Å²) < 4.78 is 53.7. The molecular weight excluding hydrogens is 581 g/mol. The fraction of sp³-hybridized carbons (Fsp3) is 0.346. The van der Waals surface area contributed by atoms with Gasteiger partial charge in [0.15, 0.2) is 11.4 Å². The van der Waals surface area contributed by atoms with Crippen LogP contribution in [0.25, 0.3) is 11.2 Å². The zero-order chi connectivity index (χ0) is 30.2. The number of ether oxygens (including phenoxy) is 2. The molecule has 42 heavy (non-hydrogen) atoms.